The molecule has 0 unspecified atom stereocenters. The summed E-state index contributed by atoms with van der Waals surface area (Å²) in [6.45, 7) is 11.8. The molecule has 0 aliphatic carbocycles. The molecule has 4 aromatic rings. The maximum Gasteiger partial charge on any atom is 0.101 e. The Kier molecular flexibility index (Phi) is 8.68. The first-order chi connectivity index (χ1) is 18.8. The highest BCUT2D eigenvalue weighted by Gasteiger charge is 2.20. The molecule has 0 bridgehead atoms. The van der Waals surface area contributed by atoms with Gasteiger partial charge in [-0.05, 0) is 62.9 Å². The normalized spacial score (nSPS) is 13.0. The standard InChI is InChI=1S/C34H35N5/c1-6-7-8-9-10-11-12-25(19-20-36-24(2)3)27-15-18-30-29(21-27)32-31(22-37-30)38-39-33(32)26-13-16-28(17-14-26)34(4,5)23-35/h6,8-18,20-22,24H,1,7,19H2,2-5H3,(H,38,39)/b9-8-,11-10+,25-12+,36-20?. The second-order valence-electron chi connectivity index (χ2n) is 10.3. The van der Waals surface area contributed by atoms with Gasteiger partial charge in [0, 0.05) is 35.0 Å². The van der Waals surface area contributed by atoms with Crippen molar-refractivity contribution in [3.05, 3.63) is 103 Å². The fraction of sp³-hybridized carbons (Fsp3) is 0.235. The predicted molar refractivity (Wildman–Crippen MR) is 165 cm³/mol. The molecule has 0 saturated carbocycles. The quantitative estimate of drug-likeness (QED) is 0.131. The lowest BCUT2D eigenvalue weighted by Crippen LogP contribution is -2.13. The number of nitrogens with one attached hydrogen (secondary N) is 1. The SMILES string of the molecule is C=CC\C=C/C=C/C=C(\CC=NC(C)C)c1ccc2ncc3[nH]nc(-c4ccc(C(C)(C)C#N)cc4)c3c2c1. The molecular weight excluding hydrogens is 478 g/mol. The van der Waals surface area contributed by atoms with Gasteiger partial charge in [-0.2, -0.15) is 10.4 Å². The molecule has 0 aliphatic heterocycles. The van der Waals surface area contributed by atoms with Gasteiger partial charge in [-0.25, -0.2) is 0 Å². The number of allylic oxidation sites excluding steroid dienone is 7. The number of rotatable bonds is 10. The molecule has 0 saturated heterocycles. The number of hydrogen-bond acceptors (Lipinski definition) is 4. The number of aromatic amines is 1. The number of hydrogen-bond donors (Lipinski definition) is 1. The van der Waals surface area contributed by atoms with Crippen molar-refractivity contribution in [1.82, 2.24) is 15.2 Å². The molecule has 5 nitrogen and oxygen atoms in total. The summed E-state index contributed by atoms with van der Waals surface area (Å²) < 4.78 is 0. The van der Waals surface area contributed by atoms with Crippen LogP contribution in [0.4, 0.5) is 0 Å². The average molecular weight is 514 g/mol. The van der Waals surface area contributed by atoms with Crippen LogP contribution >= 0.6 is 0 Å². The van der Waals surface area contributed by atoms with Gasteiger partial charge in [-0.15, -0.1) is 6.58 Å². The first-order valence-electron chi connectivity index (χ1n) is 13.3. The maximum atomic E-state index is 9.52. The predicted octanol–water partition coefficient (Wildman–Crippen LogP) is 8.52. The molecule has 4 rings (SSSR count). The highest BCUT2D eigenvalue weighted by molar-refractivity contribution is 6.11. The van der Waals surface area contributed by atoms with Crippen LogP contribution in [0.1, 0.15) is 51.7 Å². The van der Waals surface area contributed by atoms with Crippen molar-refractivity contribution in [2.75, 3.05) is 0 Å². The van der Waals surface area contributed by atoms with Crippen LogP contribution in [-0.4, -0.2) is 27.4 Å². The molecule has 196 valence electrons. The number of pyridine rings is 1. The van der Waals surface area contributed by atoms with Crippen molar-refractivity contribution in [2.24, 2.45) is 4.99 Å². The van der Waals surface area contributed by atoms with Gasteiger partial charge < -0.3 is 0 Å². The molecule has 2 aromatic carbocycles. The summed E-state index contributed by atoms with van der Waals surface area (Å²) in [6.07, 6.45) is 17.6. The maximum absolute atomic E-state index is 9.52. The Bertz CT molecular complexity index is 1620. The molecule has 5 heteroatoms. The fourth-order valence-corrected chi connectivity index (χ4v) is 4.36. The van der Waals surface area contributed by atoms with E-state index in [-0.39, 0.29) is 6.04 Å². The Balaban J connectivity index is 1.80. The van der Waals surface area contributed by atoms with E-state index in [0.717, 1.165) is 57.0 Å². The second-order valence-corrected chi connectivity index (χ2v) is 10.3. The van der Waals surface area contributed by atoms with Gasteiger partial charge in [0.25, 0.3) is 0 Å². The van der Waals surface area contributed by atoms with Gasteiger partial charge in [-0.1, -0.05) is 66.8 Å². The van der Waals surface area contributed by atoms with Crippen LogP contribution in [0.2, 0.25) is 0 Å². The molecule has 0 aliphatic rings. The Labute approximate surface area is 231 Å². The number of aromatic nitrogens is 3. The minimum Gasteiger partial charge on any atom is -0.294 e. The number of nitriles is 1. The van der Waals surface area contributed by atoms with Gasteiger partial charge in [0.2, 0.25) is 0 Å². The topological polar surface area (TPSA) is 77.7 Å². The summed E-state index contributed by atoms with van der Waals surface area (Å²) in [5.74, 6) is 0. The van der Waals surface area contributed by atoms with E-state index in [4.69, 9.17) is 0 Å². The zero-order chi connectivity index (χ0) is 27.8. The average Bonchev–Trinajstić information content (AvgIpc) is 3.38. The number of H-pyrrole nitrogens is 1. The van der Waals surface area contributed by atoms with Gasteiger partial charge in [-0.3, -0.25) is 15.1 Å². The van der Waals surface area contributed by atoms with Crippen LogP contribution < -0.4 is 0 Å². The van der Waals surface area contributed by atoms with Crippen LogP contribution in [0.5, 0.6) is 0 Å². The van der Waals surface area contributed by atoms with E-state index in [0.29, 0.717) is 0 Å². The number of fused-ring (bicyclic) bond motifs is 3. The summed E-state index contributed by atoms with van der Waals surface area (Å²) in [7, 11) is 0. The first-order valence-corrected chi connectivity index (χ1v) is 13.3. The van der Waals surface area contributed by atoms with E-state index >= 15 is 0 Å². The van der Waals surface area contributed by atoms with E-state index < -0.39 is 5.41 Å². The Morgan fingerprint density at radius 2 is 1.92 bits per heavy atom. The zero-order valence-electron chi connectivity index (χ0n) is 23.1. The van der Waals surface area contributed by atoms with Crippen LogP contribution in [-0.2, 0) is 5.41 Å². The highest BCUT2D eigenvalue weighted by Crippen LogP contribution is 2.34. The molecule has 0 fully saturated rings. The van der Waals surface area contributed by atoms with E-state index in [1.54, 1.807) is 0 Å². The van der Waals surface area contributed by atoms with E-state index in [9.17, 15) is 5.26 Å². The number of benzene rings is 2. The van der Waals surface area contributed by atoms with Crippen molar-refractivity contribution in [1.29, 1.82) is 5.26 Å². The van der Waals surface area contributed by atoms with Crippen molar-refractivity contribution < 1.29 is 0 Å². The van der Waals surface area contributed by atoms with Gasteiger partial charge in [0.05, 0.1) is 28.7 Å². The molecule has 2 heterocycles. The largest absolute Gasteiger partial charge is 0.294 e. The Morgan fingerprint density at radius 1 is 1.13 bits per heavy atom. The molecule has 1 N–H and O–H groups in total. The fourth-order valence-electron chi connectivity index (χ4n) is 4.36. The molecule has 0 radical (unpaired) electrons. The van der Waals surface area contributed by atoms with Gasteiger partial charge in [0.1, 0.15) is 5.69 Å². The monoisotopic (exact) mass is 513 g/mol. The third kappa shape index (κ3) is 6.48. The first kappa shape index (κ1) is 27.5. The Hall–Kier alpha value is -4.56. The lowest BCUT2D eigenvalue weighted by atomic mass is 9.86. The summed E-state index contributed by atoms with van der Waals surface area (Å²) in [5, 5.41) is 19.4. The second kappa shape index (κ2) is 12.3. The molecule has 0 atom stereocenters. The Morgan fingerprint density at radius 3 is 2.64 bits per heavy atom. The van der Waals surface area contributed by atoms with Crippen LogP contribution in [0, 0.1) is 11.3 Å². The van der Waals surface area contributed by atoms with Crippen LogP contribution in [0.3, 0.4) is 0 Å². The minimum atomic E-state index is -0.546. The molecular formula is C34H35N5. The minimum absolute atomic E-state index is 0.252. The summed E-state index contributed by atoms with van der Waals surface area (Å²) >= 11 is 0. The molecule has 0 spiro atoms. The van der Waals surface area contributed by atoms with Crippen molar-refractivity contribution in [2.45, 2.75) is 52.0 Å². The van der Waals surface area contributed by atoms with Crippen molar-refractivity contribution in [3.63, 3.8) is 0 Å². The van der Waals surface area contributed by atoms with E-state index in [2.05, 4.69) is 83.1 Å². The van der Waals surface area contributed by atoms with Crippen molar-refractivity contribution in [3.8, 4) is 17.3 Å². The third-order valence-corrected chi connectivity index (χ3v) is 6.60. The lowest BCUT2D eigenvalue weighted by molar-refractivity contribution is 0.687. The summed E-state index contributed by atoms with van der Waals surface area (Å²) in [5.41, 5.74) is 6.37. The number of nitrogens with zero attached hydrogens (tertiary/aromatic N) is 4. The zero-order valence-corrected chi connectivity index (χ0v) is 23.1. The highest BCUT2D eigenvalue weighted by atomic mass is 15.1. The van der Waals surface area contributed by atoms with Gasteiger partial charge in [0.15, 0.2) is 0 Å². The smallest absolute Gasteiger partial charge is 0.101 e. The van der Waals surface area contributed by atoms with E-state index in [1.165, 1.54) is 5.57 Å². The van der Waals surface area contributed by atoms with Crippen LogP contribution in [0.25, 0.3) is 38.6 Å². The van der Waals surface area contributed by atoms with Crippen LogP contribution in [0.15, 0.2) is 96.7 Å². The summed E-state index contributed by atoms with van der Waals surface area (Å²) in [4.78, 5) is 9.26. The van der Waals surface area contributed by atoms with Gasteiger partial charge >= 0.3 is 0 Å². The lowest BCUT2D eigenvalue weighted by Gasteiger charge is -2.15. The van der Waals surface area contributed by atoms with E-state index in [1.807, 2.05) is 68.8 Å². The number of aliphatic imine (C=N–C) groups is 1. The summed E-state index contributed by atoms with van der Waals surface area (Å²) in [6, 6.07) is 17.1. The molecule has 2 aromatic heterocycles. The van der Waals surface area contributed by atoms with Crippen molar-refractivity contribution >= 4 is 33.6 Å². The molecule has 39 heavy (non-hydrogen) atoms. The third-order valence-electron chi connectivity index (χ3n) is 6.60. The molecule has 0 amide bonds.